The fourth-order valence-corrected chi connectivity index (χ4v) is 4.53. The molecule has 0 atom stereocenters. The van der Waals surface area contributed by atoms with E-state index in [2.05, 4.69) is 31.0 Å². The molecule has 0 aliphatic carbocycles. The molecule has 0 spiro atoms. The lowest BCUT2D eigenvalue weighted by Gasteiger charge is -2.07. The van der Waals surface area contributed by atoms with E-state index in [0.29, 0.717) is 16.1 Å². The maximum absolute atomic E-state index is 13.0. The molecule has 4 nitrogen and oxygen atoms in total. The number of aryl methyl sites for hydroxylation is 3. The molecule has 0 saturated carbocycles. The van der Waals surface area contributed by atoms with Crippen LogP contribution in [-0.4, -0.2) is 17.6 Å². The zero-order chi connectivity index (χ0) is 19.1. The first-order chi connectivity index (χ1) is 13.0. The van der Waals surface area contributed by atoms with E-state index in [0.717, 1.165) is 21.0 Å². The fourth-order valence-electron chi connectivity index (χ4n) is 3.37. The van der Waals surface area contributed by atoms with Crippen molar-refractivity contribution in [3.8, 4) is 5.75 Å². The first kappa shape index (κ1) is 17.5. The number of nitrogens with zero attached hydrogens (tertiary/aromatic N) is 2. The Morgan fingerprint density at radius 3 is 2.37 bits per heavy atom. The van der Waals surface area contributed by atoms with Gasteiger partial charge in [0, 0.05) is 7.05 Å². The third-order valence-electron chi connectivity index (χ3n) is 4.84. The Hall–Kier alpha value is -2.92. The smallest absolute Gasteiger partial charge is 0.283 e. The summed E-state index contributed by atoms with van der Waals surface area (Å²) in [7, 11) is 3.53. The van der Waals surface area contributed by atoms with Gasteiger partial charge in [0.1, 0.15) is 5.75 Å². The third kappa shape index (κ3) is 2.94. The zero-order valence-electron chi connectivity index (χ0n) is 15.7. The van der Waals surface area contributed by atoms with Crippen LogP contribution in [0, 0.1) is 13.8 Å². The standard InChI is InChI=1S/C22H20N2O2S/c1-13-9-10-14(2)20-19(13)24(3)22(27-20)23-21(25)17-11-15-7-5-6-8-16(15)12-18(17)26-4/h5-12H,1-4H3. The summed E-state index contributed by atoms with van der Waals surface area (Å²) in [5.41, 5.74) is 3.96. The summed E-state index contributed by atoms with van der Waals surface area (Å²) < 4.78 is 8.61. The van der Waals surface area contributed by atoms with Crippen molar-refractivity contribution in [1.29, 1.82) is 0 Å². The quantitative estimate of drug-likeness (QED) is 0.506. The summed E-state index contributed by atoms with van der Waals surface area (Å²) in [6.45, 7) is 4.16. The lowest BCUT2D eigenvalue weighted by Crippen LogP contribution is -2.14. The average molecular weight is 376 g/mol. The highest BCUT2D eigenvalue weighted by molar-refractivity contribution is 7.16. The minimum absolute atomic E-state index is 0.296. The summed E-state index contributed by atoms with van der Waals surface area (Å²) in [6.07, 6.45) is 0. The molecule has 1 amide bonds. The number of rotatable bonds is 2. The van der Waals surface area contributed by atoms with Crippen LogP contribution >= 0.6 is 11.3 Å². The van der Waals surface area contributed by atoms with E-state index in [-0.39, 0.29) is 5.91 Å². The molecular weight excluding hydrogens is 356 g/mol. The van der Waals surface area contributed by atoms with Gasteiger partial charge in [0.25, 0.3) is 5.91 Å². The number of thiazole rings is 1. The molecule has 136 valence electrons. The summed E-state index contributed by atoms with van der Waals surface area (Å²) in [5, 5.41) is 2.02. The number of benzene rings is 3. The predicted molar refractivity (Wildman–Crippen MR) is 111 cm³/mol. The molecule has 0 saturated heterocycles. The predicted octanol–water partition coefficient (Wildman–Crippen LogP) is 4.76. The minimum atomic E-state index is -0.296. The van der Waals surface area contributed by atoms with Crippen molar-refractivity contribution in [2.24, 2.45) is 12.0 Å². The fraction of sp³-hybridized carbons (Fsp3) is 0.182. The van der Waals surface area contributed by atoms with Crippen LogP contribution in [0.4, 0.5) is 0 Å². The summed E-state index contributed by atoms with van der Waals surface area (Å²) in [4.78, 5) is 18.1. The highest BCUT2D eigenvalue weighted by Crippen LogP contribution is 2.27. The van der Waals surface area contributed by atoms with Crippen molar-refractivity contribution in [2.75, 3.05) is 7.11 Å². The highest BCUT2D eigenvalue weighted by Gasteiger charge is 2.15. The normalized spacial score (nSPS) is 12.1. The average Bonchev–Trinajstić information content (AvgIpc) is 3.01. The van der Waals surface area contributed by atoms with Crippen LogP contribution in [0.5, 0.6) is 5.75 Å². The van der Waals surface area contributed by atoms with E-state index in [1.54, 1.807) is 7.11 Å². The van der Waals surface area contributed by atoms with Crippen molar-refractivity contribution >= 4 is 38.2 Å². The number of amides is 1. The monoisotopic (exact) mass is 376 g/mol. The first-order valence-corrected chi connectivity index (χ1v) is 9.53. The molecule has 0 bridgehead atoms. The molecule has 5 heteroatoms. The van der Waals surface area contributed by atoms with E-state index in [4.69, 9.17) is 4.74 Å². The van der Waals surface area contributed by atoms with Gasteiger partial charge in [0.05, 0.1) is 22.9 Å². The van der Waals surface area contributed by atoms with Crippen molar-refractivity contribution < 1.29 is 9.53 Å². The Kier molecular flexibility index (Phi) is 4.32. The van der Waals surface area contributed by atoms with Gasteiger partial charge in [-0.2, -0.15) is 4.99 Å². The largest absolute Gasteiger partial charge is 0.496 e. The second kappa shape index (κ2) is 6.67. The molecule has 0 fully saturated rings. The van der Waals surface area contributed by atoms with Gasteiger partial charge in [-0.1, -0.05) is 47.7 Å². The molecule has 0 aliphatic rings. The number of hydrogen-bond donors (Lipinski definition) is 0. The minimum Gasteiger partial charge on any atom is -0.496 e. The van der Waals surface area contributed by atoms with Crippen molar-refractivity contribution in [2.45, 2.75) is 13.8 Å². The number of fused-ring (bicyclic) bond motifs is 2. The molecule has 1 aromatic heterocycles. The van der Waals surface area contributed by atoms with Crippen LogP contribution in [0.1, 0.15) is 21.5 Å². The molecule has 4 rings (SSSR count). The van der Waals surface area contributed by atoms with E-state index in [1.807, 2.05) is 48.0 Å². The van der Waals surface area contributed by atoms with E-state index in [1.165, 1.54) is 22.5 Å². The highest BCUT2D eigenvalue weighted by atomic mass is 32.1. The number of aromatic nitrogens is 1. The maximum atomic E-state index is 13.0. The SMILES string of the molecule is COc1cc2ccccc2cc1C(=O)N=c1sc2c(C)ccc(C)c2n1C. The number of methoxy groups -OCH3 is 1. The van der Waals surface area contributed by atoms with Crippen LogP contribution in [0.2, 0.25) is 0 Å². The van der Waals surface area contributed by atoms with Gasteiger partial charge in [0.2, 0.25) is 0 Å². The Morgan fingerprint density at radius 2 is 1.70 bits per heavy atom. The molecule has 0 radical (unpaired) electrons. The van der Waals surface area contributed by atoms with Crippen molar-refractivity contribution in [3.63, 3.8) is 0 Å². The lowest BCUT2D eigenvalue weighted by molar-refractivity contribution is 0.0995. The number of hydrogen-bond acceptors (Lipinski definition) is 3. The van der Waals surface area contributed by atoms with Crippen LogP contribution < -0.4 is 9.54 Å². The topological polar surface area (TPSA) is 43.6 Å². The molecule has 1 heterocycles. The Labute approximate surface area is 161 Å². The second-order valence-electron chi connectivity index (χ2n) is 6.64. The van der Waals surface area contributed by atoms with Gasteiger partial charge in [0.15, 0.2) is 4.80 Å². The van der Waals surface area contributed by atoms with E-state index in [9.17, 15) is 4.79 Å². The molecule has 0 aliphatic heterocycles. The number of carbonyl (C=O) groups excluding carboxylic acids is 1. The van der Waals surface area contributed by atoms with Crippen LogP contribution in [0.15, 0.2) is 53.5 Å². The number of ether oxygens (including phenoxy) is 1. The summed E-state index contributed by atoms with van der Waals surface area (Å²) >= 11 is 1.54. The van der Waals surface area contributed by atoms with Gasteiger partial charge in [-0.05, 0) is 47.9 Å². The Morgan fingerprint density at radius 1 is 1.04 bits per heavy atom. The van der Waals surface area contributed by atoms with Crippen LogP contribution in [0.25, 0.3) is 21.0 Å². The van der Waals surface area contributed by atoms with Crippen molar-refractivity contribution in [1.82, 2.24) is 4.57 Å². The second-order valence-corrected chi connectivity index (χ2v) is 7.61. The molecule has 4 aromatic rings. The van der Waals surface area contributed by atoms with Crippen LogP contribution in [0.3, 0.4) is 0 Å². The first-order valence-electron chi connectivity index (χ1n) is 8.71. The van der Waals surface area contributed by atoms with Gasteiger partial charge < -0.3 is 9.30 Å². The van der Waals surface area contributed by atoms with Gasteiger partial charge in [-0.3, -0.25) is 4.79 Å². The maximum Gasteiger partial charge on any atom is 0.283 e. The molecule has 3 aromatic carbocycles. The zero-order valence-corrected chi connectivity index (χ0v) is 16.6. The molecule has 0 N–H and O–H groups in total. The van der Waals surface area contributed by atoms with Crippen molar-refractivity contribution in [3.05, 3.63) is 70.0 Å². The Bertz CT molecular complexity index is 1260. The molecular formula is C22H20N2O2S. The van der Waals surface area contributed by atoms with Gasteiger partial charge >= 0.3 is 0 Å². The van der Waals surface area contributed by atoms with Gasteiger partial charge in [-0.15, -0.1) is 0 Å². The summed E-state index contributed by atoms with van der Waals surface area (Å²) in [5.74, 6) is 0.244. The van der Waals surface area contributed by atoms with E-state index < -0.39 is 0 Å². The number of carbonyl (C=O) groups is 1. The van der Waals surface area contributed by atoms with Gasteiger partial charge in [-0.25, -0.2) is 0 Å². The lowest BCUT2D eigenvalue weighted by atomic mass is 10.1. The molecule has 27 heavy (non-hydrogen) atoms. The summed E-state index contributed by atoms with van der Waals surface area (Å²) in [6, 6.07) is 15.8. The van der Waals surface area contributed by atoms with E-state index >= 15 is 0 Å². The third-order valence-corrected chi connectivity index (χ3v) is 6.11. The van der Waals surface area contributed by atoms with Crippen LogP contribution in [-0.2, 0) is 7.05 Å². The Balaban J connectivity index is 1.91. The molecule has 0 unspecified atom stereocenters.